The van der Waals surface area contributed by atoms with Crippen molar-refractivity contribution in [1.29, 1.82) is 0 Å². The summed E-state index contributed by atoms with van der Waals surface area (Å²) in [5.41, 5.74) is 2.10. The van der Waals surface area contributed by atoms with E-state index in [0.29, 0.717) is 6.79 Å². The minimum absolute atomic E-state index is 0.0358. The molecule has 2 aromatic rings. The van der Waals surface area contributed by atoms with E-state index < -0.39 is 0 Å². The number of hydrogen-bond acceptors (Lipinski definition) is 5. The molecule has 146 valence electrons. The molecular formula is C22H24N2O4. The van der Waals surface area contributed by atoms with Crippen molar-refractivity contribution >= 4 is 12.0 Å². The first-order chi connectivity index (χ1) is 13.7. The van der Waals surface area contributed by atoms with Gasteiger partial charge in [-0.2, -0.15) is 0 Å². The van der Waals surface area contributed by atoms with Crippen molar-refractivity contribution in [2.75, 3.05) is 40.1 Å². The summed E-state index contributed by atoms with van der Waals surface area (Å²) < 4.78 is 16.1. The molecule has 2 aliphatic heterocycles. The third-order valence-electron chi connectivity index (χ3n) is 5.07. The molecule has 28 heavy (non-hydrogen) atoms. The highest BCUT2D eigenvalue weighted by Gasteiger charge is 2.21. The van der Waals surface area contributed by atoms with Crippen LogP contribution in [0.2, 0.25) is 0 Å². The van der Waals surface area contributed by atoms with E-state index in [2.05, 4.69) is 11.0 Å². The molecule has 1 amide bonds. The average Bonchev–Trinajstić information content (AvgIpc) is 3.20. The van der Waals surface area contributed by atoms with Crippen LogP contribution < -0.4 is 14.2 Å². The summed E-state index contributed by atoms with van der Waals surface area (Å²) in [6.45, 7) is 4.28. The van der Waals surface area contributed by atoms with Crippen molar-refractivity contribution in [3.8, 4) is 17.2 Å². The number of para-hydroxylation sites is 1. The van der Waals surface area contributed by atoms with E-state index in [0.717, 1.165) is 55.5 Å². The van der Waals surface area contributed by atoms with Gasteiger partial charge in [0.05, 0.1) is 7.11 Å². The Morgan fingerprint density at radius 3 is 2.68 bits per heavy atom. The van der Waals surface area contributed by atoms with Crippen molar-refractivity contribution in [1.82, 2.24) is 9.80 Å². The highest BCUT2D eigenvalue weighted by atomic mass is 16.7. The third-order valence-corrected chi connectivity index (χ3v) is 5.07. The van der Waals surface area contributed by atoms with Gasteiger partial charge in [0.15, 0.2) is 11.5 Å². The molecule has 0 aliphatic carbocycles. The quantitative estimate of drug-likeness (QED) is 0.747. The van der Waals surface area contributed by atoms with Crippen LogP contribution in [0.5, 0.6) is 17.2 Å². The Balaban J connectivity index is 1.30. The first-order valence-corrected chi connectivity index (χ1v) is 9.44. The van der Waals surface area contributed by atoms with Crippen LogP contribution in [0.3, 0.4) is 0 Å². The normalized spacial score (nSPS) is 16.5. The second-order valence-electron chi connectivity index (χ2n) is 6.86. The molecule has 0 atom stereocenters. The summed E-state index contributed by atoms with van der Waals surface area (Å²) in [5.74, 6) is 2.42. The Bertz CT molecular complexity index is 873. The van der Waals surface area contributed by atoms with Crippen LogP contribution in [0.1, 0.15) is 11.1 Å². The lowest BCUT2D eigenvalue weighted by Crippen LogP contribution is -2.47. The minimum atomic E-state index is 0.0358. The summed E-state index contributed by atoms with van der Waals surface area (Å²) in [7, 11) is 1.63. The molecule has 6 nitrogen and oxygen atoms in total. The van der Waals surface area contributed by atoms with Gasteiger partial charge in [-0.3, -0.25) is 9.69 Å². The Hall–Kier alpha value is -2.99. The molecule has 0 aromatic heterocycles. The highest BCUT2D eigenvalue weighted by molar-refractivity contribution is 5.92. The van der Waals surface area contributed by atoms with Crippen molar-refractivity contribution in [3.63, 3.8) is 0 Å². The molecule has 0 spiro atoms. The van der Waals surface area contributed by atoms with Gasteiger partial charge in [0.25, 0.3) is 0 Å². The topological polar surface area (TPSA) is 51.2 Å². The fourth-order valence-electron chi connectivity index (χ4n) is 3.49. The molecule has 2 aliphatic rings. The Kier molecular flexibility index (Phi) is 5.48. The van der Waals surface area contributed by atoms with Crippen LogP contribution in [0.25, 0.3) is 6.08 Å². The Morgan fingerprint density at radius 2 is 1.86 bits per heavy atom. The summed E-state index contributed by atoms with van der Waals surface area (Å²) in [6.07, 6.45) is 3.45. The van der Waals surface area contributed by atoms with E-state index in [1.807, 2.05) is 47.4 Å². The number of methoxy groups -OCH3 is 1. The second-order valence-corrected chi connectivity index (χ2v) is 6.86. The fourth-order valence-corrected chi connectivity index (χ4v) is 3.49. The van der Waals surface area contributed by atoms with Crippen LogP contribution >= 0.6 is 0 Å². The van der Waals surface area contributed by atoms with Crippen LogP contribution in [0, 0.1) is 0 Å². The summed E-state index contributed by atoms with van der Waals surface area (Å²) in [5, 5.41) is 0. The van der Waals surface area contributed by atoms with E-state index >= 15 is 0 Å². The lowest BCUT2D eigenvalue weighted by molar-refractivity contribution is -0.127. The second kappa shape index (κ2) is 8.35. The van der Waals surface area contributed by atoms with E-state index in [4.69, 9.17) is 14.2 Å². The maximum absolute atomic E-state index is 12.5. The molecule has 2 aromatic carbocycles. The lowest BCUT2D eigenvalue weighted by Gasteiger charge is -2.34. The van der Waals surface area contributed by atoms with Gasteiger partial charge in [-0.1, -0.05) is 24.3 Å². The maximum atomic E-state index is 12.5. The zero-order chi connectivity index (χ0) is 19.3. The summed E-state index contributed by atoms with van der Waals surface area (Å²) in [6, 6.07) is 13.7. The van der Waals surface area contributed by atoms with Gasteiger partial charge < -0.3 is 19.1 Å². The molecular weight excluding hydrogens is 356 g/mol. The fraction of sp³-hybridized carbons (Fsp3) is 0.318. The number of carbonyl (C=O) groups is 1. The van der Waals surface area contributed by atoms with Crippen molar-refractivity contribution in [3.05, 3.63) is 59.7 Å². The smallest absolute Gasteiger partial charge is 0.246 e. The zero-order valence-corrected chi connectivity index (χ0v) is 16.0. The standard InChI is InChI=1S/C22H24N2O4/c1-26-19-5-3-2-4-18(19)7-9-22(25)24-12-10-23(11-13-24)15-17-6-8-20-21(14-17)28-16-27-20/h2-9,14H,10-13,15-16H2,1H3/b9-7+. The molecule has 0 saturated carbocycles. The Morgan fingerprint density at radius 1 is 1.07 bits per heavy atom. The highest BCUT2D eigenvalue weighted by Crippen LogP contribution is 2.32. The number of piperazine rings is 1. The maximum Gasteiger partial charge on any atom is 0.246 e. The molecule has 1 fully saturated rings. The monoisotopic (exact) mass is 380 g/mol. The van der Waals surface area contributed by atoms with Crippen molar-refractivity contribution in [2.45, 2.75) is 6.54 Å². The molecule has 0 unspecified atom stereocenters. The molecule has 1 saturated heterocycles. The number of rotatable bonds is 5. The van der Waals surface area contributed by atoms with Gasteiger partial charge in [0, 0.05) is 44.4 Å². The first kappa shape index (κ1) is 18.4. The van der Waals surface area contributed by atoms with E-state index in [1.54, 1.807) is 13.2 Å². The minimum Gasteiger partial charge on any atom is -0.496 e. The van der Waals surface area contributed by atoms with Crippen LogP contribution in [0.4, 0.5) is 0 Å². The average molecular weight is 380 g/mol. The van der Waals surface area contributed by atoms with Gasteiger partial charge in [0.1, 0.15) is 5.75 Å². The number of carbonyl (C=O) groups excluding carboxylic acids is 1. The molecule has 0 radical (unpaired) electrons. The van der Waals surface area contributed by atoms with E-state index in [9.17, 15) is 4.79 Å². The van der Waals surface area contributed by atoms with Crippen LogP contribution in [-0.4, -0.2) is 55.8 Å². The summed E-state index contributed by atoms with van der Waals surface area (Å²) >= 11 is 0. The number of fused-ring (bicyclic) bond motifs is 1. The molecule has 6 heteroatoms. The van der Waals surface area contributed by atoms with Gasteiger partial charge in [-0.15, -0.1) is 0 Å². The van der Waals surface area contributed by atoms with Gasteiger partial charge in [0.2, 0.25) is 12.7 Å². The number of ether oxygens (including phenoxy) is 3. The SMILES string of the molecule is COc1ccccc1/C=C/C(=O)N1CCN(Cc2ccc3c(c2)OCO3)CC1. The van der Waals surface area contributed by atoms with Gasteiger partial charge in [-0.05, 0) is 29.8 Å². The van der Waals surface area contributed by atoms with Gasteiger partial charge in [-0.25, -0.2) is 0 Å². The largest absolute Gasteiger partial charge is 0.496 e. The number of hydrogen-bond donors (Lipinski definition) is 0. The number of benzene rings is 2. The third kappa shape index (κ3) is 4.12. The summed E-state index contributed by atoms with van der Waals surface area (Å²) in [4.78, 5) is 16.8. The van der Waals surface area contributed by atoms with E-state index in [1.165, 1.54) is 5.56 Å². The molecule has 2 heterocycles. The van der Waals surface area contributed by atoms with Crippen molar-refractivity contribution in [2.24, 2.45) is 0 Å². The molecule has 4 rings (SSSR count). The molecule has 0 N–H and O–H groups in total. The van der Waals surface area contributed by atoms with E-state index in [-0.39, 0.29) is 5.91 Å². The predicted molar refractivity (Wildman–Crippen MR) is 106 cm³/mol. The zero-order valence-electron chi connectivity index (χ0n) is 16.0. The predicted octanol–water partition coefficient (Wildman–Crippen LogP) is 2.78. The van der Waals surface area contributed by atoms with Gasteiger partial charge >= 0.3 is 0 Å². The van der Waals surface area contributed by atoms with Crippen LogP contribution in [0.15, 0.2) is 48.5 Å². The first-order valence-electron chi connectivity index (χ1n) is 9.44. The number of amides is 1. The number of nitrogens with zero attached hydrogens (tertiary/aromatic N) is 2. The lowest BCUT2D eigenvalue weighted by atomic mass is 10.1. The van der Waals surface area contributed by atoms with Crippen LogP contribution in [-0.2, 0) is 11.3 Å². The van der Waals surface area contributed by atoms with Crippen molar-refractivity contribution < 1.29 is 19.0 Å². The molecule has 0 bridgehead atoms. The Labute approximate surface area is 164 Å².